The Morgan fingerprint density at radius 2 is 1.05 bits per heavy atom. The first-order valence-corrected chi connectivity index (χ1v) is 17.5. The molecule has 1 aromatic heterocycles. The molecule has 0 amide bonds. The van der Waals surface area contributed by atoms with E-state index >= 15 is 0 Å². The zero-order valence-corrected chi connectivity index (χ0v) is 24.4. The molecule has 7 rings (SSSR count). The van der Waals surface area contributed by atoms with Gasteiger partial charge in [-0.15, -0.1) is 0 Å². The van der Waals surface area contributed by atoms with Crippen molar-refractivity contribution in [2.24, 2.45) is 0 Å². The molecule has 0 aliphatic rings. The molecule has 1 heterocycles. The summed E-state index contributed by atoms with van der Waals surface area (Å²) in [6.45, 7) is 14.6. The van der Waals surface area contributed by atoms with Gasteiger partial charge in [-0.3, -0.25) is 0 Å². The summed E-state index contributed by atoms with van der Waals surface area (Å²) in [4.78, 5) is 3.60. The quantitative estimate of drug-likeness (QED) is 0.123. The molecule has 0 aliphatic heterocycles. The van der Waals surface area contributed by atoms with Gasteiger partial charge >= 0.3 is 0 Å². The molecular formula is C38H29NOSi. The molecule has 3 heteroatoms. The fourth-order valence-corrected chi connectivity index (χ4v) is 7.18. The van der Waals surface area contributed by atoms with Crippen molar-refractivity contribution >= 4 is 51.5 Å². The van der Waals surface area contributed by atoms with Crippen LogP contribution >= 0.6 is 0 Å². The fraction of sp³-hybridized carbons (Fsp3) is 0.0789. The molecule has 0 atom stereocenters. The Bertz CT molecular complexity index is 2070. The van der Waals surface area contributed by atoms with Crippen molar-refractivity contribution < 1.29 is 4.42 Å². The molecular weight excluding hydrogens is 515 g/mol. The van der Waals surface area contributed by atoms with Crippen molar-refractivity contribution in [3.63, 3.8) is 0 Å². The summed E-state index contributed by atoms with van der Waals surface area (Å²) in [7, 11) is -1.38. The Kier molecular flexibility index (Phi) is 5.89. The van der Waals surface area contributed by atoms with Crippen LogP contribution in [0.2, 0.25) is 19.6 Å². The molecule has 0 spiro atoms. The Balaban J connectivity index is 1.41. The van der Waals surface area contributed by atoms with E-state index in [-0.39, 0.29) is 0 Å². The van der Waals surface area contributed by atoms with Crippen molar-refractivity contribution in [1.29, 1.82) is 0 Å². The van der Waals surface area contributed by atoms with Crippen LogP contribution in [0.4, 0.5) is 5.69 Å². The van der Waals surface area contributed by atoms with Gasteiger partial charge in [0.2, 0.25) is 0 Å². The number of fused-ring (bicyclic) bond motifs is 3. The minimum Gasteiger partial charge on any atom is -0.464 e. The molecule has 0 fully saturated rings. The zero-order chi connectivity index (χ0) is 28.1. The van der Waals surface area contributed by atoms with Crippen LogP contribution in [-0.4, -0.2) is 8.07 Å². The van der Waals surface area contributed by atoms with Crippen LogP contribution in [0.15, 0.2) is 126 Å². The molecule has 2 nitrogen and oxygen atoms in total. The molecule has 41 heavy (non-hydrogen) atoms. The number of benzene rings is 6. The predicted octanol–water partition coefficient (Wildman–Crippen LogP) is 10.8. The van der Waals surface area contributed by atoms with Crippen LogP contribution < -0.4 is 5.19 Å². The summed E-state index contributed by atoms with van der Waals surface area (Å²) in [5.41, 5.74) is 8.46. The topological polar surface area (TPSA) is 17.5 Å². The van der Waals surface area contributed by atoms with Crippen LogP contribution in [0, 0.1) is 6.57 Å². The van der Waals surface area contributed by atoms with Crippen LogP contribution in [0.3, 0.4) is 0 Å². The highest BCUT2D eigenvalue weighted by Crippen LogP contribution is 2.44. The number of hydrogen-bond acceptors (Lipinski definition) is 1. The third kappa shape index (κ3) is 4.25. The normalized spacial score (nSPS) is 11.8. The van der Waals surface area contributed by atoms with Gasteiger partial charge in [0.1, 0.15) is 5.58 Å². The molecule has 196 valence electrons. The SMILES string of the molecule is [C-]#[N+]c1ccc2occ(-c3ccc(-c4c5ccccc5c(-c5ccc([Si](C)(C)C)cc5)c5ccccc45)cc3)c2c1. The maximum absolute atomic E-state index is 7.40. The van der Waals surface area contributed by atoms with Gasteiger partial charge in [-0.1, -0.05) is 128 Å². The lowest BCUT2D eigenvalue weighted by Crippen LogP contribution is -2.37. The Morgan fingerprint density at radius 3 is 1.54 bits per heavy atom. The Morgan fingerprint density at radius 1 is 0.561 bits per heavy atom. The van der Waals surface area contributed by atoms with E-state index < -0.39 is 8.07 Å². The van der Waals surface area contributed by atoms with Crippen molar-refractivity contribution in [2.75, 3.05) is 0 Å². The van der Waals surface area contributed by atoms with Crippen LogP contribution in [0.5, 0.6) is 0 Å². The van der Waals surface area contributed by atoms with Crippen LogP contribution in [0.1, 0.15) is 0 Å². The van der Waals surface area contributed by atoms with Crippen molar-refractivity contribution in [3.05, 3.63) is 133 Å². The Labute approximate surface area is 241 Å². The second-order valence-electron chi connectivity index (χ2n) is 11.7. The van der Waals surface area contributed by atoms with E-state index in [4.69, 9.17) is 11.0 Å². The van der Waals surface area contributed by atoms with Gasteiger partial charge in [-0.05, 0) is 61.5 Å². The van der Waals surface area contributed by atoms with Gasteiger partial charge in [0.25, 0.3) is 0 Å². The van der Waals surface area contributed by atoms with Gasteiger partial charge in [-0.2, -0.15) is 0 Å². The molecule has 0 N–H and O–H groups in total. The van der Waals surface area contributed by atoms with E-state index in [1.807, 2.05) is 12.1 Å². The molecule has 0 radical (unpaired) electrons. The van der Waals surface area contributed by atoms with E-state index in [9.17, 15) is 0 Å². The van der Waals surface area contributed by atoms with Gasteiger partial charge in [0, 0.05) is 10.9 Å². The van der Waals surface area contributed by atoms with Crippen LogP contribution in [-0.2, 0) is 0 Å². The third-order valence-electron chi connectivity index (χ3n) is 8.14. The highest BCUT2D eigenvalue weighted by atomic mass is 28.3. The number of rotatable bonds is 4. The summed E-state index contributed by atoms with van der Waals surface area (Å²) >= 11 is 0. The third-order valence-corrected chi connectivity index (χ3v) is 10.2. The smallest absolute Gasteiger partial charge is 0.188 e. The largest absolute Gasteiger partial charge is 0.464 e. The summed E-state index contributed by atoms with van der Waals surface area (Å²) in [6, 6.07) is 41.2. The van der Waals surface area contributed by atoms with Gasteiger partial charge in [-0.25, -0.2) is 4.85 Å². The average Bonchev–Trinajstić information content (AvgIpc) is 3.43. The maximum atomic E-state index is 7.40. The zero-order valence-electron chi connectivity index (χ0n) is 23.4. The fourth-order valence-electron chi connectivity index (χ4n) is 6.01. The molecule has 0 saturated heterocycles. The molecule has 0 saturated carbocycles. The van der Waals surface area contributed by atoms with Crippen LogP contribution in [0.25, 0.3) is 70.7 Å². The average molecular weight is 544 g/mol. The van der Waals surface area contributed by atoms with Gasteiger partial charge in [0.05, 0.1) is 20.9 Å². The number of nitrogens with zero attached hydrogens (tertiary/aromatic N) is 1. The molecule has 0 bridgehead atoms. The second kappa shape index (κ2) is 9.62. The van der Waals surface area contributed by atoms with Crippen molar-refractivity contribution in [2.45, 2.75) is 19.6 Å². The predicted molar refractivity (Wildman–Crippen MR) is 177 cm³/mol. The highest BCUT2D eigenvalue weighted by Gasteiger charge is 2.19. The molecule has 6 aromatic carbocycles. The number of hydrogen-bond donors (Lipinski definition) is 0. The van der Waals surface area contributed by atoms with Gasteiger partial charge in [0.15, 0.2) is 5.69 Å². The summed E-state index contributed by atoms with van der Waals surface area (Å²) in [5, 5.41) is 7.46. The first-order chi connectivity index (χ1) is 19.9. The second-order valence-corrected chi connectivity index (χ2v) is 16.8. The summed E-state index contributed by atoms with van der Waals surface area (Å²) < 4.78 is 5.81. The lowest BCUT2D eigenvalue weighted by molar-refractivity contribution is 0.617. The minimum atomic E-state index is -1.38. The summed E-state index contributed by atoms with van der Waals surface area (Å²) in [6.07, 6.45) is 1.79. The number of furan rings is 1. The standard InChI is InChI=1S/C38H29NOSi/c1-39-28-19-22-36-34(23-28)35(24-40-36)25-13-15-26(16-14-25)37-30-9-5-7-11-32(30)38(33-12-8-6-10-31(33)37)27-17-20-29(21-18-27)41(2,3)4/h5-24H,2-4H3. The highest BCUT2D eigenvalue weighted by molar-refractivity contribution is 6.88. The van der Waals surface area contributed by atoms with E-state index in [0.717, 1.165) is 22.1 Å². The van der Waals surface area contributed by atoms with Crippen molar-refractivity contribution in [3.8, 4) is 33.4 Å². The monoisotopic (exact) mass is 543 g/mol. The van der Waals surface area contributed by atoms with Gasteiger partial charge < -0.3 is 4.42 Å². The van der Waals surface area contributed by atoms with E-state index in [1.165, 1.54) is 49.0 Å². The first kappa shape index (κ1) is 25.1. The minimum absolute atomic E-state index is 0.616. The molecule has 0 unspecified atom stereocenters. The first-order valence-electron chi connectivity index (χ1n) is 14.0. The van der Waals surface area contributed by atoms with E-state index in [2.05, 4.69) is 122 Å². The maximum Gasteiger partial charge on any atom is 0.188 e. The van der Waals surface area contributed by atoms with E-state index in [0.29, 0.717) is 5.69 Å². The summed E-state index contributed by atoms with van der Waals surface area (Å²) in [5.74, 6) is 0. The Hall–Kier alpha value is -4.91. The molecule has 0 aliphatic carbocycles. The van der Waals surface area contributed by atoms with Crippen molar-refractivity contribution in [1.82, 2.24) is 0 Å². The lowest BCUT2D eigenvalue weighted by Gasteiger charge is -2.20. The lowest BCUT2D eigenvalue weighted by atomic mass is 9.86. The molecule has 7 aromatic rings. The van der Waals surface area contributed by atoms with E-state index in [1.54, 1.807) is 12.3 Å².